The van der Waals surface area contributed by atoms with E-state index in [0.717, 1.165) is 37.7 Å². The van der Waals surface area contributed by atoms with Crippen molar-refractivity contribution >= 4 is 0 Å². The van der Waals surface area contributed by atoms with Gasteiger partial charge in [-0.05, 0) is 26.2 Å². The van der Waals surface area contributed by atoms with Crippen LogP contribution in [0.3, 0.4) is 0 Å². The van der Waals surface area contributed by atoms with Crippen LogP contribution in [0.2, 0.25) is 0 Å². The predicted molar refractivity (Wildman–Crippen MR) is 61.0 cm³/mol. The maximum Gasteiger partial charge on any atom is 0.147 e. The van der Waals surface area contributed by atoms with E-state index in [1.807, 2.05) is 6.92 Å². The van der Waals surface area contributed by atoms with E-state index in [4.69, 9.17) is 10.5 Å². The molecule has 1 aliphatic carbocycles. The van der Waals surface area contributed by atoms with Crippen LogP contribution in [0.4, 0.5) is 0 Å². The third-order valence-corrected chi connectivity index (χ3v) is 2.82. The zero-order valence-corrected chi connectivity index (χ0v) is 9.85. The monoisotopic (exact) mass is 224 g/mol. The van der Waals surface area contributed by atoms with Crippen molar-refractivity contribution < 1.29 is 4.74 Å². The minimum Gasteiger partial charge on any atom is -0.382 e. The second kappa shape index (κ2) is 5.41. The zero-order chi connectivity index (χ0) is 11.4. The Morgan fingerprint density at radius 2 is 2.12 bits per heavy atom. The van der Waals surface area contributed by atoms with Crippen LogP contribution in [-0.4, -0.2) is 28.0 Å². The first-order chi connectivity index (χ1) is 7.86. The quantitative estimate of drug-likeness (QED) is 0.703. The molecule has 0 spiro atoms. The third kappa shape index (κ3) is 2.59. The van der Waals surface area contributed by atoms with Crippen LogP contribution in [0, 0.1) is 0 Å². The highest BCUT2D eigenvalue weighted by Crippen LogP contribution is 2.36. The Labute approximate surface area is 96.0 Å². The van der Waals surface area contributed by atoms with Gasteiger partial charge in [-0.3, -0.25) is 0 Å². The van der Waals surface area contributed by atoms with E-state index in [9.17, 15) is 0 Å². The molecule has 5 heteroatoms. The molecule has 2 N–H and O–H groups in total. The summed E-state index contributed by atoms with van der Waals surface area (Å²) < 4.78 is 7.55. The van der Waals surface area contributed by atoms with Crippen LogP contribution >= 0.6 is 0 Å². The molecule has 0 aromatic carbocycles. The summed E-state index contributed by atoms with van der Waals surface area (Å²) in [6.07, 6.45) is 4.42. The summed E-state index contributed by atoms with van der Waals surface area (Å²) in [4.78, 5) is 0. The van der Waals surface area contributed by atoms with Crippen molar-refractivity contribution in [2.45, 2.75) is 45.2 Å². The molecule has 1 fully saturated rings. The fourth-order valence-corrected chi connectivity index (χ4v) is 1.90. The second-order valence-electron chi connectivity index (χ2n) is 4.14. The fourth-order valence-electron chi connectivity index (χ4n) is 1.90. The van der Waals surface area contributed by atoms with Crippen molar-refractivity contribution in [2.24, 2.45) is 5.73 Å². The van der Waals surface area contributed by atoms with Gasteiger partial charge in [-0.25, -0.2) is 0 Å². The summed E-state index contributed by atoms with van der Waals surface area (Å²) in [6, 6.07) is 0.607. The molecule has 0 aliphatic heterocycles. The fraction of sp³-hybridized carbons (Fsp3) is 0.818. The van der Waals surface area contributed by atoms with Gasteiger partial charge in [0.25, 0.3) is 0 Å². The van der Waals surface area contributed by atoms with E-state index >= 15 is 0 Å². The van der Waals surface area contributed by atoms with E-state index in [-0.39, 0.29) is 0 Å². The average molecular weight is 224 g/mol. The maximum absolute atomic E-state index is 5.66. The Hall–Kier alpha value is -0.940. The van der Waals surface area contributed by atoms with Crippen LogP contribution in [0.15, 0.2) is 0 Å². The predicted octanol–water partition coefficient (Wildman–Crippen LogP) is 1.04. The second-order valence-corrected chi connectivity index (χ2v) is 4.14. The molecule has 0 radical (unpaired) electrons. The van der Waals surface area contributed by atoms with E-state index < -0.39 is 0 Å². The van der Waals surface area contributed by atoms with E-state index in [1.54, 1.807) is 0 Å². The normalized spacial score (nSPS) is 15.6. The van der Waals surface area contributed by atoms with Gasteiger partial charge in [0.2, 0.25) is 0 Å². The number of hydrogen-bond acceptors (Lipinski definition) is 4. The molecule has 1 aromatic heterocycles. The summed E-state index contributed by atoms with van der Waals surface area (Å²) in [5.41, 5.74) is 5.66. The lowest BCUT2D eigenvalue weighted by Gasteiger charge is -2.07. The molecule has 90 valence electrons. The van der Waals surface area contributed by atoms with E-state index in [2.05, 4.69) is 14.8 Å². The van der Waals surface area contributed by atoms with E-state index in [0.29, 0.717) is 12.6 Å². The van der Waals surface area contributed by atoms with Crippen molar-refractivity contribution in [3.8, 4) is 0 Å². The average Bonchev–Trinajstić information content (AvgIpc) is 3.06. The number of ether oxygens (including phenoxy) is 1. The summed E-state index contributed by atoms with van der Waals surface area (Å²) in [5, 5.41) is 8.37. The third-order valence-electron chi connectivity index (χ3n) is 2.82. The van der Waals surface area contributed by atoms with Gasteiger partial charge in [0.1, 0.15) is 11.6 Å². The summed E-state index contributed by atoms with van der Waals surface area (Å²) in [5.74, 6) is 2.00. The lowest BCUT2D eigenvalue weighted by atomic mass is 10.3. The molecule has 0 amide bonds. The molecular weight excluding hydrogens is 204 g/mol. The number of nitrogens with two attached hydrogens (primary N) is 1. The Balaban J connectivity index is 1.94. The van der Waals surface area contributed by atoms with Crippen molar-refractivity contribution in [1.29, 1.82) is 0 Å². The number of aromatic nitrogens is 3. The van der Waals surface area contributed by atoms with Crippen LogP contribution in [-0.2, 0) is 17.7 Å². The Kier molecular flexibility index (Phi) is 3.90. The molecule has 0 saturated heterocycles. The highest BCUT2D eigenvalue weighted by atomic mass is 16.5. The van der Waals surface area contributed by atoms with Crippen molar-refractivity contribution in [1.82, 2.24) is 14.8 Å². The summed E-state index contributed by atoms with van der Waals surface area (Å²) in [7, 11) is 0. The topological polar surface area (TPSA) is 66.0 Å². The molecule has 16 heavy (non-hydrogen) atoms. The molecule has 1 aliphatic rings. The van der Waals surface area contributed by atoms with Gasteiger partial charge in [-0.1, -0.05) is 0 Å². The lowest BCUT2D eigenvalue weighted by molar-refractivity contribution is 0.144. The Morgan fingerprint density at radius 1 is 1.38 bits per heavy atom. The molecule has 0 bridgehead atoms. The van der Waals surface area contributed by atoms with Crippen LogP contribution in [0.25, 0.3) is 0 Å². The van der Waals surface area contributed by atoms with Gasteiger partial charge in [0.05, 0.1) is 6.54 Å². The van der Waals surface area contributed by atoms with Gasteiger partial charge in [0.15, 0.2) is 0 Å². The van der Waals surface area contributed by atoms with Crippen LogP contribution < -0.4 is 5.73 Å². The Bertz CT molecular complexity index is 333. The molecule has 0 unspecified atom stereocenters. The largest absolute Gasteiger partial charge is 0.382 e. The molecule has 2 rings (SSSR count). The SMILES string of the molecule is CCOCCCc1nnc(CN)n1C1CC1. The van der Waals surface area contributed by atoms with Crippen molar-refractivity contribution in [3.63, 3.8) is 0 Å². The molecular formula is C11H20N4O. The number of rotatable bonds is 7. The van der Waals surface area contributed by atoms with Crippen molar-refractivity contribution in [2.75, 3.05) is 13.2 Å². The highest BCUT2D eigenvalue weighted by molar-refractivity contribution is 5.02. The van der Waals surface area contributed by atoms with Crippen LogP contribution in [0.1, 0.15) is 43.9 Å². The number of aryl methyl sites for hydroxylation is 1. The van der Waals surface area contributed by atoms with Gasteiger partial charge in [-0.2, -0.15) is 0 Å². The first-order valence-corrected chi connectivity index (χ1v) is 6.07. The van der Waals surface area contributed by atoms with Gasteiger partial charge in [-0.15, -0.1) is 10.2 Å². The number of hydrogen-bond donors (Lipinski definition) is 1. The molecule has 1 saturated carbocycles. The first-order valence-electron chi connectivity index (χ1n) is 6.07. The van der Waals surface area contributed by atoms with Gasteiger partial charge < -0.3 is 15.0 Å². The molecule has 1 heterocycles. The number of nitrogens with zero attached hydrogens (tertiary/aromatic N) is 3. The van der Waals surface area contributed by atoms with Crippen molar-refractivity contribution in [3.05, 3.63) is 11.6 Å². The van der Waals surface area contributed by atoms with Crippen LogP contribution in [0.5, 0.6) is 0 Å². The molecule has 0 atom stereocenters. The van der Waals surface area contributed by atoms with Gasteiger partial charge >= 0.3 is 0 Å². The summed E-state index contributed by atoms with van der Waals surface area (Å²) in [6.45, 7) is 4.07. The maximum atomic E-state index is 5.66. The Morgan fingerprint density at radius 3 is 2.75 bits per heavy atom. The standard InChI is InChI=1S/C11H20N4O/c1-2-16-7-3-4-10-13-14-11(8-12)15(10)9-5-6-9/h9H,2-8,12H2,1H3. The smallest absolute Gasteiger partial charge is 0.147 e. The summed E-state index contributed by atoms with van der Waals surface area (Å²) >= 11 is 0. The molecule has 1 aromatic rings. The first kappa shape index (κ1) is 11.5. The minimum atomic E-state index is 0.481. The zero-order valence-electron chi connectivity index (χ0n) is 9.85. The lowest BCUT2D eigenvalue weighted by Crippen LogP contribution is -2.10. The molecule has 5 nitrogen and oxygen atoms in total. The highest BCUT2D eigenvalue weighted by Gasteiger charge is 2.28. The van der Waals surface area contributed by atoms with E-state index in [1.165, 1.54) is 12.8 Å². The van der Waals surface area contributed by atoms with Gasteiger partial charge in [0, 0.05) is 25.7 Å². The minimum absolute atomic E-state index is 0.481.